The normalized spacial score (nSPS) is 20.4. The van der Waals surface area contributed by atoms with E-state index in [0.29, 0.717) is 11.4 Å². The third-order valence-corrected chi connectivity index (χ3v) is 12.2. The Balaban J connectivity index is 0.681. The molecule has 1 atom stereocenters. The highest BCUT2D eigenvalue weighted by atomic mass is 19.3. The minimum absolute atomic E-state index is 0.0322. The van der Waals surface area contributed by atoms with Gasteiger partial charge >= 0.3 is 6.11 Å². The molecule has 1 N–H and O–H groups in total. The van der Waals surface area contributed by atoms with E-state index in [-0.39, 0.29) is 54.7 Å². The first-order valence-electron chi connectivity index (χ1n) is 20.7. The van der Waals surface area contributed by atoms with Crippen molar-refractivity contribution in [1.82, 2.24) is 29.7 Å². The summed E-state index contributed by atoms with van der Waals surface area (Å²) in [7, 11) is 2.07. The standard InChI is InChI=1S/C47H41F2N7O6/c1-54-40-12-16-50-26-39(40)38-5-2-28(21-42(38)54)29-3-9-44(52-25-29)61-36-23-35(24-36)60-33-13-18-55(19-14-33)32-11-17-51-31(22-32)10-15-47(48,49)62-34-4-6-37-30(20-34)27-56(46(37)59)41-7-8-43(57)53-45(41)58/h2-6,9,11-12,16-17,20-22,25-26,33,35-36,41H,7-8,13-14,18-19,23-24,27H2,1H3,(H,53,57,58). The maximum atomic E-state index is 15.0. The summed E-state index contributed by atoms with van der Waals surface area (Å²) in [6, 6.07) is 19.2. The summed E-state index contributed by atoms with van der Waals surface area (Å²) in [4.78, 5) is 53.5. The fourth-order valence-electron chi connectivity index (χ4n) is 8.88. The van der Waals surface area contributed by atoms with Crippen LogP contribution in [0.4, 0.5) is 14.5 Å². The first kappa shape index (κ1) is 39.2. The Bertz CT molecular complexity index is 2810. The zero-order chi connectivity index (χ0) is 42.5. The first-order valence-corrected chi connectivity index (χ1v) is 20.7. The van der Waals surface area contributed by atoms with E-state index in [0.717, 1.165) is 72.0 Å². The number of hydrogen-bond acceptors (Lipinski definition) is 10. The van der Waals surface area contributed by atoms with Crippen molar-refractivity contribution in [3.63, 3.8) is 0 Å². The molecule has 3 aliphatic heterocycles. The number of benzene rings is 2. The number of ether oxygens (including phenoxy) is 3. The number of rotatable bonds is 9. The number of carbonyl (C=O) groups is 3. The van der Waals surface area contributed by atoms with Gasteiger partial charge in [-0.25, -0.2) is 9.97 Å². The molecular weight excluding hydrogens is 797 g/mol. The molecule has 0 spiro atoms. The molecule has 13 nitrogen and oxygen atoms in total. The third kappa shape index (κ3) is 7.77. The Labute approximate surface area is 355 Å². The average Bonchev–Trinajstić information content (AvgIpc) is 3.74. The van der Waals surface area contributed by atoms with Crippen molar-refractivity contribution in [2.24, 2.45) is 7.05 Å². The Morgan fingerprint density at radius 2 is 1.66 bits per heavy atom. The highest BCUT2D eigenvalue weighted by molar-refractivity contribution is 6.08. The van der Waals surface area contributed by atoms with Gasteiger partial charge in [-0.3, -0.25) is 24.7 Å². The summed E-state index contributed by atoms with van der Waals surface area (Å²) in [5.41, 5.74) is 6.12. The van der Waals surface area contributed by atoms with Crippen LogP contribution in [0.1, 0.15) is 60.1 Å². The first-order chi connectivity index (χ1) is 30.0. The summed E-state index contributed by atoms with van der Waals surface area (Å²) in [5, 5.41) is 4.55. The summed E-state index contributed by atoms with van der Waals surface area (Å²) >= 11 is 0. The summed E-state index contributed by atoms with van der Waals surface area (Å²) in [6.45, 7) is 1.50. The van der Waals surface area contributed by atoms with Crippen LogP contribution in [0.25, 0.3) is 32.9 Å². The molecule has 62 heavy (non-hydrogen) atoms. The number of aromatic nitrogens is 4. The quantitative estimate of drug-likeness (QED) is 0.126. The number of alkyl halides is 2. The number of amides is 3. The number of carbonyl (C=O) groups excluding carboxylic acids is 3. The molecule has 6 aromatic rings. The van der Waals surface area contributed by atoms with Gasteiger partial charge < -0.3 is 28.6 Å². The second-order valence-corrected chi connectivity index (χ2v) is 16.2. The molecule has 15 heteroatoms. The zero-order valence-corrected chi connectivity index (χ0v) is 33.7. The van der Waals surface area contributed by atoms with Crippen LogP contribution in [-0.2, 0) is 27.9 Å². The van der Waals surface area contributed by atoms with E-state index in [1.807, 2.05) is 48.8 Å². The highest BCUT2D eigenvalue weighted by Crippen LogP contribution is 2.35. The maximum absolute atomic E-state index is 15.0. The fourth-order valence-corrected chi connectivity index (χ4v) is 8.88. The second-order valence-electron chi connectivity index (χ2n) is 16.2. The van der Waals surface area contributed by atoms with Gasteiger partial charge in [0.2, 0.25) is 17.7 Å². The molecule has 0 bridgehead atoms. The van der Waals surface area contributed by atoms with Crippen molar-refractivity contribution in [3.8, 4) is 34.6 Å². The van der Waals surface area contributed by atoms with E-state index in [1.54, 1.807) is 12.3 Å². The average molecular weight is 838 g/mol. The van der Waals surface area contributed by atoms with Crippen molar-refractivity contribution in [2.75, 3.05) is 18.0 Å². The number of pyridine rings is 3. The van der Waals surface area contributed by atoms with Gasteiger partial charge in [0.25, 0.3) is 5.91 Å². The lowest BCUT2D eigenvalue weighted by Gasteiger charge is -2.40. The van der Waals surface area contributed by atoms with Crippen LogP contribution < -0.4 is 19.7 Å². The third-order valence-electron chi connectivity index (χ3n) is 12.2. The van der Waals surface area contributed by atoms with Gasteiger partial charge in [0.05, 0.1) is 17.7 Å². The van der Waals surface area contributed by atoms with Gasteiger partial charge in [-0.05, 0) is 84.8 Å². The van der Waals surface area contributed by atoms with Crippen LogP contribution in [0.2, 0.25) is 0 Å². The Morgan fingerprint density at radius 3 is 2.47 bits per heavy atom. The largest absolute Gasteiger partial charge is 0.474 e. The number of halogens is 2. The SMILES string of the molecule is Cn1c2ccncc2c2ccc(-c3ccc(OC4CC(OC5CCN(c6ccnc(C#CC(F)(F)Oc7ccc8c(c7)CN(C7CCC(=O)NC7=O)C8=O)c6)CC5)C4)nc3)cc21. The summed E-state index contributed by atoms with van der Waals surface area (Å²) in [6.07, 6.45) is 7.10. The molecule has 10 rings (SSSR count). The van der Waals surface area contributed by atoms with Gasteiger partial charge in [-0.15, -0.1) is 0 Å². The second kappa shape index (κ2) is 15.8. The van der Waals surface area contributed by atoms with Crippen LogP contribution in [0.3, 0.4) is 0 Å². The minimum Gasteiger partial charge on any atom is -0.474 e. The number of imide groups is 1. The number of nitrogens with zero attached hydrogens (tertiary/aromatic N) is 6. The van der Waals surface area contributed by atoms with E-state index in [9.17, 15) is 23.2 Å². The van der Waals surface area contributed by atoms with Crippen LogP contribution in [0.15, 0.2) is 91.5 Å². The lowest BCUT2D eigenvalue weighted by Crippen LogP contribution is -2.52. The smallest absolute Gasteiger partial charge is 0.469 e. The van der Waals surface area contributed by atoms with Gasteiger partial charge in [-0.1, -0.05) is 12.1 Å². The molecule has 1 unspecified atom stereocenters. The lowest BCUT2D eigenvalue weighted by atomic mass is 9.91. The predicted molar refractivity (Wildman–Crippen MR) is 224 cm³/mol. The molecule has 3 fully saturated rings. The number of anilines is 1. The number of nitrogens with one attached hydrogen (secondary N) is 1. The van der Waals surface area contributed by atoms with Crippen molar-refractivity contribution in [2.45, 2.75) is 75.5 Å². The molecule has 4 aliphatic rings. The number of fused-ring (bicyclic) bond motifs is 4. The monoisotopic (exact) mass is 837 g/mol. The van der Waals surface area contributed by atoms with Crippen molar-refractivity contribution < 1.29 is 37.4 Å². The van der Waals surface area contributed by atoms with Crippen LogP contribution in [-0.4, -0.2) is 85.7 Å². The van der Waals surface area contributed by atoms with Crippen LogP contribution in [0.5, 0.6) is 11.6 Å². The number of hydrogen-bond donors (Lipinski definition) is 1. The zero-order valence-electron chi connectivity index (χ0n) is 33.7. The highest BCUT2D eigenvalue weighted by Gasteiger charge is 2.40. The fraction of sp³-hybridized carbons (Fsp3) is 0.319. The Morgan fingerprint density at radius 1 is 0.823 bits per heavy atom. The van der Waals surface area contributed by atoms with E-state index in [1.165, 1.54) is 28.5 Å². The number of piperidine rings is 2. The Kier molecular flexibility index (Phi) is 10.0. The maximum Gasteiger partial charge on any atom is 0.469 e. The molecule has 4 aromatic heterocycles. The topological polar surface area (TPSA) is 141 Å². The molecule has 2 saturated heterocycles. The predicted octanol–water partition coefficient (Wildman–Crippen LogP) is 6.56. The van der Waals surface area contributed by atoms with E-state index < -0.39 is 29.9 Å². The minimum atomic E-state index is -3.85. The summed E-state index contributed by atoms with van der Waals surface area (Å²) < 4.78 is 49.7. The summed E-state index contributed by atoms with van der Waals surface area (Å²) in [5.74, 6) is 3.42. The Hall–Kier alpha value is -6.92. The van der Waals surface area contributed by atoms with Crippen molar-refractivity contribution in [1.29, 1.82) is 0 Å². The lowest BCUT2D eigenvalue weighted by molar-refractivity contribution is -0.137. The van der Waals surface area contributed by atoms with Gasteiger partial charge in [-0.2, -0.15) is 8.78 Å². The number of aryl methyl sites for hydroxylation is 1. The molecule has 7 heterocycles. The molecule has 2 aromatic carbocycles. The van der Waals surface area contributed by atoms with Gasteiger partial charge in [0.15, 0.2) is 0 Å². The molecule has 1 aliphatic carbocycles. The van der Waals surface area contributed by atoms with E-state index in [4.69, 9.17) is 14.2 Å². The van der Waals surface area contributed by atoms with Gasteiger partial charge in [0.1, 0.15) is 23.6 Å². The van der Waals surface area contributed by atoms with E-state index in [2.05, 4.69) is 60.9 Å². The molecular formula is C47H41F2N7O6. The molecule has 0 radical (unpaired) electrons. The van der Waals surface area contributed by atoms with Crippen molar-refractivity contribution >= 4 is 45.2 Å². The van der Waals surface area contributed by atoms with E-state index >= 15 is 0 Å². The molecule has 3 amide bonds. The van der Waals surface area contributed by atoms with Crippen molar-refractivity contribution in [3.05, 3.63) is 108 Å². The van der Waals surface area contributed by atoms with Crippen LogP contribution >= 0.6 is 0 Å². The molecule has 1 saturated carbocycles. The van der Waals surface area contributed by atoms with Gasteiger partial charge in [0, 0.05) is 116 Å². The van der Waals surface area contributed by atoms with Crippen LogP contribution in [0, 0.1) is 11.8 Å². The molecule has 314 valence electrons.